The summed E-state index contributed by atoms with van der Waals surface area (Å²) in [4.78, 5) is 0. The first-order chi connectivity index (χ1) is 19.3. The van der Waals surface area contributed by atoms with Crippen LogP contribution >= 0.6 is 0 Å². The Kier molecular flexibility index (Phi) is 26.7. The maximum absolute atomic E-state index is 2.59. The van der Waals surface area contributed by atoms with E-state index in [9.17, 15) is 0 Å². The first-order valence-electron chi connectivity index (χ1n) is 18.4. The zero-order valence-electron chi connectivity index (χ0n) is 27.5. The number of hydrogen-bond acceptors (Lipinski definition) is 0. The fourth-order valence-corrected chi connectivity index (χ4v) is 6.21. The van der Waals surface area contributed by atoms with E-state index in [1.807, 2.05) is 0 Å². The monoisotopic (exact) mass is 546 g/mol. The molecule has 2 heteroatoms. The van der Waals surface area contributed by atoms with E-state index in [4.69, 9.17) is 0 Å². The molecule has 0 unspecified atom stereocenters. The van der Waals surface area contributed by atoms with Gasteiger partial charge in [0.15, 0.2) is 0 Å². The molecule has 2 nitrogen and oxygen atoms in total. The average Bonchev–Trinajstić information content (AvgIpc) is 3.32. The standard InChI is InChI=1S/C37H73N2/c1-4-7-9-11-13-15-17-19-20-21-23-25-27-29-31-34-39-36-35-38(33-6-3)37(39)32-30-28-26-24-22-18-16-14-12-10-8-5-2/h35-36H,4-34H2,1-3H3/q+1. The molecule has 0 atom stereocenters. The molecule has 1 aromatic heterocycles. The van der Waals surface area contributed by atoms with Crippen LogP contribution in [0.3, 0.4) is 0 Å². The summed E-state index contributed by atoms with van der Waals surface area (Å²) in [5.41, 5.74) is 0. The predicted molar refractivity (Wildman–Crippen MR) is 175 cm³/mol. The third kappa shape index (κ3) is 21.6. The molecule has 0 N–H and O–H groups in total. The van der Waals surface area contributed by atoms with Crippen LogP contribution in [0, 0.1) is 0 Å². The highest BCUT2D eigenvalue weighted by molar-refractivity contribution is 4.84. The van der Waals surface area contributed by atoms with Crippen LogP contribution in [0.2, 0.25) is 0 Å². The second-order valence-corrected chi connectivity index (χ2v) is 12.7. The summed E-state index contributed by atoms with van der Waals surface area (Å²) in [5.74, 6) is 1.59. The van der Waals surface area contributed by atoms with Gasteiger partial charge < -0.3 is 0 Å². The number of unbranched alkanes of at least 4 members (excludes halogenated alkanes) is 25. The molecule has 0 aliphatic heterocycles. The van der Waals surface area contributed by atoms with Crippen molar-refractivity contribution in [3.05, 3.63) is 18.2 Å². The minimum absolute atomic E-state index is 1.18. The third-order valence-electron chi connectivity index (χ3n) is 8.81. The zero-order valence-corrected chi connectivity index (χ0v) is 27.5. The van der Waals surface area contributed by atoms with E-state index in [-0.39, 0.29) is 0 Å². The van der Waals surface area contributed by atoms with Gasteiger partial charge in [0.25, 0.3) is 5.82 Å². The van der Waals surface area contributed by atoms with Gasteiger partial charge in [-0.1, -0.05) is 175 Å². The summed E-state index contributed by atoms with van der Waals surface area (Å²) >= 11 is 0. The van der Waals surface area contributed by atoms with Gasteiger partial charge in [-0.15, -0.1) is 0 Å². The molecule has 0 spiro atoms. The molecule has 0 aliphatic carbocycles. The van der Waals surface area contributed by atoms with E-state index in [2.05, 4.69) is 42.3 Å². The van der Waals surface area contributed by atoms with Crippen molar-refractivity contribution in [1.82, 2.24) is 4.57 Å². The van der Waals surface area contributed by atoms with Gasteiger partial charge in [-0.3, -0.25) is 0 Å². The summed E-state index contributed by atoms with van der Waals surface area (Å²) in [6, 6.07) is 0. The maximum atomic E-state index is 2.59. The van der Waals surface area contributed by atoms with Gasteiger partial charge in [0, 0.05) is 6.42 Å². The lowest BCUT2D eigenvalue weighted by atomic mass is 10.0. The van der Waals surface area contributed by atoms with E-state index in [1.165, 1.54) is 199 Å². The van der Waals surface area contributed by atoms with Gasteiger partial charge in [-0.2, -0.15) is 0 Å². The Hall–Kier alpha value is -0.790. The Morgan fingerprint density at radius 2 is 0.795 bits per heavy atom. The van der Waals surface area contributed by atoms with Crippen molar-refractivity contribution in [3.8, 4) is 0 Å². The molecule has 0 radical (unpaired) electrons. The SMILES string of the molecule is CCCCCCCCCCCCCCCCC[n+]1ccn(CCC)c1CCCCCCCCCCCCCC. The van der Waals surface area contributed by atoms with Crippen LogP contribution in [-0.4, -0.2) is 4.57 Å². The van der Waals surface area contributed by atoms with E-state index in [1.54, 1.807) is 5.82 Å². The lowest BCUT2D eigenvalue weighted by Gasteiger charge is -2.06. The van der Waals surface area contributed by atoms with Gasteiger partial charge in [0.1, 0.15) is 12.4 Å². The summed E-state index contributed by atoms with van der Waals surface area (Å²) in [5, 5.41) is 0. The molecule has 0 fully saturated rings. The highest BCUT2D eigenvalue weighted by atomic mass is 15.1. The van der Waals surface area contributed by atoms with Crippen molar-refractivity contribution in [2.45, 2.75) is 220 Å². The molecule has 39 heavy (non-hydrogen) atoms. The van der Waals surface area contributed by atoms with Crippen LogP contribution in [0.15, 0.2) is 12.4 Å². The fourth-order valence-electron chi connectivity index (χ4n) is 6.21. The summed E-state index contributed by atoms with van der Waals surface area (Å²) in [6.45, 7) is 9.33. The van der Waals surface area contributed by atoms with Gasteiger partial charge in [-0.05, 0) is 25.7 Å². The van der Waals surface area contributed by atoms with E-state index in [0.29, 0.717) is 0 Å². The Labute approximate surface area is 247 Å². The molecule has 0 saturated heterocycles. The molecule has 230 valence electrons. The van der Waals surface area contributed by atoms with E-state index < -0.39 is 0 Å². The van der Waals surface area contributed by atoms with Crippen LogP contribution in [0.4, 0.5) is 0 Å². The Balaban J connectivity index is 2.05. The third-order valence-corrected chi connectivity index (χ3v) is 8.81. The number of rotatable bonds is 31. The van der Waals surface area contributed by atoms with Crippen molar-refractivity contribution in [1.29, 1.82) is 0 Å². The maximum Gasteiger partial charge on any atom is 0.256 e. The van der Waals surface area contributed by atoms with Crippen LogP contribution < -0.4 is 4.57 Å². The van der Waals surface area contributed by atoms with Crippen molar-refractivity contribution >= 4 is 0 Å². The molecule has 1 aromatic rings. The largest absolute Gasteiger partial charge is 0.256 e. The summed E-state index contributed by atoms with van der Waals surface area (Å²) < 4.78 is 5.14. The normalized spacial score (nSPS) is 11.6. The Morgan fingerprint density at radius 1 is 0.436 bits per heavy atom. The van der Waals surface area contributed by atoms with E-state index >= 15 is 0 Å². The van der Waals surface area contributed by atoms with Crippen LogP contribution in [0.5, 0.6) is 0 Å². The second-order valence-electron chi connectivity index (χ2n) is 12.7. The quantitative estimate of drug-likeness (QED) is 0.0648. The number of hydrogen-bond donors (Lipinski definition) is 0. The number of nitrogens with zero attached hydrogens (tertiary/aromatic N) is 2. The van der Waals surface area contributed by atoms with Crippen molar-refractivity contribution < 1.29 is 4.57 Å². The first kappa shape index (κ1) is 36.2. The molecule has 0 aromatic carbocycles. The molecule has 1 rings (SSSR count). The number of imidazole rings is 1. The molecular formula is C37H73N2+. The fraction of sp³-hybridized carbons (Fsp3) is 0.919. The van der Waals surface area contributed by atoms with E-state index in [0.717, 1.165) is 0 Å². The van der Waals surface area contributed by atoms with Crippen LogP contribution in [-0.2, 0) is 19.5 Å². The second kappa shape index (κ2) is 28.7. The molecule has 0 amide bonds. The highest BCUT2D eigenvalue weighted by Gasteiger charge is 2.15. The number of aromatic nitrogens is 2. The van der Waals surface area contributed by atoms with Gasteiger partial charge in [0.05, 0.1) is 13.1 Å². The lowest BCUT2D eigenvalue weighted by Crippen LogP contribution is -2.37. The smallest absolute Gasteiger partial charge is 0.234 e. The predicted octanol–water partition coefficient (Wildman–Crippen LogP) is 12.3. The van der Waals surface area contributed by atoms with Crippen molar-refractivity contribution in [3.63, 3.8) is 0 Å². The molecule has 0 bridgehead atoms. The van der Waals surface area contributed by atoms with Gasteiger partial charge in [-0.25, -0.2) is 9.13 Å². The molecular weight excluding hydrogens is 472 g/mol. The first-order valence-corrected chi connectivity index (χ1v) is 18.4. The van der Waals surface area contributed by atoms with Crippen molar-refractivity contribution in [2.75, 3.05) is 0 Å². The van der Waals surface area contributed by atoms with Crippen LogP contribution in [0.25, 0.3) is 0 Å². The Bertz CT molecular complexity index is 605. The zero-order chi connectivity index (χ0) is 28.1. The molecule has 0 aliphatic rings. The minimum Gasteiger partial charge on any atom is -0.234 e. The molecule has 0 saturated carbocycles. The summed E-state index contributed by atoms with van der Waals surface area (Å²) in [7, 11) is 0. The summed E-state index contributed by atoms with van der Waals surface area (Å²) in [6.07, 6.45) is 46.1. The molecule has 1 heterocycles. The van der Waals surface area contributed by atoms with Gasteiger partial charge >= 0.3 is 0 Å². The minimum atomic E-state index is 1.18. The average molecular weight is 546 g/mol. The van der Waals surface area contributed by atoms with Gasteiger partial charge in [0.2, 0.25) is 0 Å². The lowest BCUT2D eigenvalue weighted by molar-refractivity contribution is -0.704. The van der Waals surface area contributed by atoms with Crippen molar-refractivity contribution in [2.24, 2.45) is 0 Å². The highest BCUT2D eigenvalue weighted by Crippen LogP contribution is 2.15. The number of aryl methyl sites for hydroxylation is 2. The van der Waals surface area contributed by atoms with Crippen LogP contribution in [0.1, 0.15) is 206 Å². The topological polar surface area (TPSA) is 8.81 Å². The Morgan fingerprint density at radius 3 is 1.18 bits per heavy atom.